The lowest BCUT2D eigenvalue weighted by molar-refractivity contribution is 0.112. The molecule has 1 rings (SSSR count). The molecule has 1 aromatic carbocycles. The Morgan fingerprint density at radius 2 is 2.27 bits per heavy atom. The molecule has 1 aromatic rings. The summed E-state index contributed by atoms with van der Waals surface area (Å²) in [5.74, 6) is 0. The SMILES string of the molecule is N#Cc1cccc(Cl)c1C=O. The molecule has 0 saturated carbocycles. The van der Waals surface area contributed by atoms with Crippen LogP contribution in [0.2, 0.25) is 5.02 Å². The van der Waals surface area contributed by atoms with Crippen LogP contribution in [0.25, 0.3) is 0 Å². The predicted octanol–water partition coefficient (Wildman–Crippen LogP) is 2.02. The first kappa shape index (κ1) is 7.77. The van der Waals surface area contributed by atoms with Crippen molar-refractivity contribution in [2.24, 2.45) is 0 Å². The average molecular weight is 166 g/mol. The number of aldehydes is 1. The van der Waals surface area contributed by atoms with Crippen LogP contribution in [0.3, 0.4) is 0 Å². The minimum atomic E-state index is 0.261. The third-order valence-corrected chi connectivity index (χ3v) is 1.62. The van der Waals surface area contributed by atoms with E-state index >= 15 is 0 Å². The molecular formula is C8H4ClNO. The van der Waals surface area contributed by atoms with Crippen molar-refractivity contribution < 1.29 is 4.79 Å². The zero-order chi connectivity index (χ0) is 8.27. The highest BCUT2D eigenvalue weighted by atomic mass is 35.5. The summed E-state index contributed by atoms with van der Waals surface area (Å²) in [7, 11) is 0. The molecule has 0 heterocycles. The lowest BCUT2D eigenvalue weighted by atomic mass is 10.1. The van der Waals surface area contributed by atoms with Crippen molar-refractivity contribution >= 4 is 17.9 Å². The first-order valence-electron chi connectivity index (χ1n) is 2.93. The van der Waals surface area contributed by atoms with Crippen LogP contribution in [0.15, 0.2) is 18.2 Å². The normalized spacial score (nSPS) is 8.73. The first-order chi connectivity index (χ1) is 5.29. The molecule has 0 aromatic heterocycles. The molecule has 0 aliphatic carbocycles. The molecule has 0 saturated heterocycles. The van der Waals surface area contributed by atoms with E-state index in [4.69, 9.17) is 16.9 Å². The van der Waals surface area contributed by atoms with Gasteiger partial charge in [-0.3, -0.25) is 4.79 Å². The van der Waals surface area contributed by atoms with E-state index < -0.39 is 0 Å². The molecule has 0 radical (unpaired) electrons. The molecule has 0 amide bonds. The van der Waals surface area contributed by atoms with Gasteiger partial charge in [0.2, 0.25) is 0 Å². The molecule has 2 nitrogen and oxygen atoms in total. The van der Waals surface area contributed by atoms with Crippen LogP contribution in [0.4, 0.5) is 0 Å². The minimum absolute atomic E-state index is 0.261. The fourth-order valence-electron chi connectivity index (χ4n) is 0.754. The van der Waals surface area contributed by atoms with Gasteiger partial charge in [-0.15, -0.1) is 0 Å². The van der Waals surface area contributed by atoms with Crippen LogP contribution >= 0.6 is 11.6 Å². The van der Waals surface area contributed by atoms with Gasteiger partial charge in [-0.25, -0.2) is 0 Å². The fraction of sp³-hybridized carbons (Fsp3) is 0. The Balaban J connectivity index is 3.38. The minimum Gasteiger partial charge on any atom is -0.298 e. The van der Waals surface area contributed by atoms with E-state index in [-0.39, 0.29) is 5.56 Å². The maximum atomic E-state index is 10.4. The maximum absolute atomic E-state index is 10.4. The van der Waals surface area contributed by atoms with Gasteiger partial charge in [0.15, 0.2) is 6.29 Å². The van der Waals surface area contributed by atoms with Gasteiger partial charge in [-0.2, -0.15) is 5.26 Å². The fourth-order valence-corrected chi connectivity index (χ4v) is 0.973. The Bertz CT molecular complexity index is 327. The smallest absolute Gasteiger partial charge is 0.152 e. The number of carbonyl (C=O) groups excluding carboxylic acids is 1. The molecule has 11 heavy (non-hydrogen) atoms. The van der Waals surface area contributed by atoms with Gasteiger partial charge in [0.1, 0.15) is 0 Å². The van der Waals surface area contributed by atoms with Crippen LogP contribution in [0.5, 0.6) is 0 Å². The average Bonchev–Trinajstić information content (AvgIpc) is 2.04. The van der Waals surface area contributed by atoms with E-state index in [1.54, 1.807) is 18.2 Å². The van der Waals surface area contributed by atoms with Gasteiger partial charge in [-0.05, 0) is 12.1 Å². The molecule has 0 fully saturated rings. The van der Waals surface area contributed by atoms with E-state index in [1.807, 2.05) is 6.07 Å². The third kappa shape index (κ3) is 1.39. The highest BCUT2D eigenvalue weighted by Gasteiger charge is 2.03. The summed E-state index contributed by atoms with van der Waals surface area (Å²) >= 11 is 5.63. The van der Waals surface area contributed by atoms with Crippen molar-refractivity contribution in [3.05, 3.63) is 34.3 Å². The summed E-state index contributed by atoms with van der Waals surface area (Å²) in [5.41, 5.74) is 0.573. The van der Waals surface area contributed by atoms with Gasteiger partial charge in [-0.1, -0.05) is 17.7 Å². The van der Waals surface area contributed by atoms with E-state index in [1.165, 1.54) is 0 Å². The number of rotatable bonds is 1. The largest absolute Gasteiger partial charge is 0.298 e. The molecule has 0 aliphatic heterocycles. The van der Waals surface area contributed by atoms with E-state index in [9.17, 15) is 4.79 Å². The second-order valence-corrected chi connectivity index (χ2v) is 2.34. The quantitative estimate of drug-likeness (QED) is 0.598. The van der Waals surface area contributed by atoms with Crippen molar-refractivity contribution in [1.82, 2.24) is 0 Å². The van der Waals surface area contributed by atoms with Crippen molar-refractivity contribution in [2.75, 3.05) is 0 Å². The van der Waals surface area contributed by atoms with E-state index in [0.717, 1.165) is 0 Å². The Kier molecular flexibility index (Phi) is 2.25. The third-order valence-electron chi connectivity index (χ3n) is 1.29. The number of benzene rings is 1. The van der Waals surface area contributed by atoms with E-state index in [2.05, 4.69) is 0 Å². The molecule has 54 valence electrons. The van der Waals surface area contributed by atoms with Crippen molar-refractivity contribution in [1.29, 1.82) is 5.26 Å². The summed E-state index contributed by atoms with van der Waals surface area (Å²) < 4.78 is 0. The number of hydrogen-bond donors (Lipinski definition) is 0. The lowest BCUT2D eigenvalue weighted by Crippen LogP contribution is -1.87. The Morgan fingerprint density at radius 1 is 1.55 bits per heavy atom. The summed E-state index contributed by atoms with van der Waals surface area (Å²) in [4.78, 5) is 10.4. The van der Waals surface area contributed by atoms with Gasteiger partial charge in [0, 0.05) is 0 Å². The maximum Gasteiger partial charge on any atom is 0.152 e. The van der Waals surface area contributed by atoms with E-state index in [0.29, 0.717) is 16.9 Å². The standard InChI is InChI=1S/C8H4ClNO/c9-8-3-1-2-6(4-10)7(8)5-11/h1-3,5H. The molecule has 0 N–H and O–H groups in total. The highest BCUT2D eigenvalue weighted by molar-refractivity contribution is 6.33. The van der Waals surface area contributed by atoms with Gasteiger partial charge in [0.05, 0.1) is 22.2 Å². The molecule has 0 bridgehead atoms. The summed E-state index contributed by atoms with van der Waals surface area (Å²) in [5, 5.41) is 8.83. The zero-order valence-electron chi connectivity index (χ0n) is 5.54. The first-order valence-corrected chi connectivity index (χ1v) is 3.31. The molecule has 0 aliphatic rings. The summed E-state index contributed by atoms with van der Waals surface area (Å²) in [6.45, 7) is 0. The monoisotopic (exact) mass is 165 g/mol. The highest BCUT2D eigenvalue weighted by Crippen LogP contribution is 2.16. The molecular weight excluding hydrogens is 162 g/mol. The van der Waals surface area contributed by atoms with Gasteiger partial charge in [0.25, 0.3) is 0 Å². The van der Waals surface area contributed by atoms with Crippen molar-refractivity contribution in [3.8, 4) is 6.07 Å². The molecule has 0 unspecified atom stereocenters. The Hall–Kier alpha value is -1.33. The second-order valence-electron chi connectivity index (χ2n) is 1.93. The Morgan fingerprint density at radius 3 is 2.73 bits per heavy atom. The number of nitrogens with zero attached hydrogens (tertiary/aromatic N) is 1. The zero-order valence-corrected chi connectivity index (χ0v) is 6.30. The van der Waals surface area contributed by atoms with Crippen LogP contribution in [-0.2, 0) is 0 Å². The number of hydrogen-bond acceptors (Lipinski definition) is 2. The summed E-state index contributed by atoms with van der Waals surface area (Å²) in [6.07, 6.45) is 0.584. The van der Waals surface area contributed by atoms with Crippen LogP contribution < -0.4 is 0 Å². The molecule has 0 atom stereocenters. The van der Waals surface area contributed by atoms with Crippen LogP contribution in [-0.4, -0.2) is 6.29 Å². The van der Waals surface area contributed by atoms with Crippen LogP contribution in [0.1, 0.15) is 15.9 Å². The summed E-state index contributed by atoms with van der Waals surface area (Å²) in [6, 6.07) is 6.63. The van der Waals surface area contributed by atoms with Crippen LogP contribution in [0, 0.1) is 11.3 Å². The number of carbonyl (C=O) groups is 1. The van der Waals surface area contributed by atoms with Gasteiger partial charge < -0.3 is 0 Å². The predicted molar refractivity (Wildman–Crippen MR) is 41.6 cm³/mol. The van der Waals surface area contributed by atoms with Gasteiger partial charge >= 0.3 is 0 Å². The second kappa shape index (κ2) is 3.18. The molecule has 3 heteroatoms. The van der Waals surface area contributed by atoms with Crippen molar-refractivity contribution in [2.45, 2.75) is 0 Å². The Labute approximate surface area is 69.0 Å². The number of nitriles is 1. The molecule has 0 spiro atoms. The van der Waals surface area contributed by atoms with Crippen molar-refractivity contribution in [3.63, 3.8) is 0 Å². The topological polar surface area (TPSA) is 40.9 Å². The lowest BCUT2D eigenvalue weighted by Gasteiger charge is -1.95. The number of halogens is 1.